The average molecular weight is 382 g/mol. The summed E-state index contributed by atoms with van der Waals surface area (Å²) in [6.45, 7) is 0.340. The number of imidazole rings is 1. The molecule has 7 nitrogen and oxygen atoms in total. The van der Waals surface area contributed by atoms with Crippen LogP contribution in [0.3, 0.4) is 0 Å². The molecule has 1 N–H and O–H groups in total. The van der Waals surface area contributed by atoms with Gasteiger partial charge in [-0.05, 0) is 36.4 Å². The highest BCUT2D eigenvalue weighted by Gasteiger charge is 2.35. The molecule has 0 bridgehead atoms. The van der Waals surface area contributed by atoms with E-state index in [1.54, 1.807) is 70.8 Å². The number of hydrogen-bond acceptors (Lipinski definition) is 4. The molecule has 8 heteroatoms. The number of pyridine rings is 1. The minimum absolute atomic E-state index is 0.0777. The number of halogens is 1. The monoisotopic (exact) mass is 381 g/mol. The summed E-state index contributed by atoms with van der Waals surface area (Å²) in [6, 6.07) is 10.6. The Morgan fingerprint density at radius 1 is 1.19 bits per heavy atom. The Bertz CT molecular complexity index is 955. The SMILES string of the molecule is O=C(Nc1ccc(-n2ccnc2)nc1)C1CC(=O)N(c2ccc(Cl)cc2)C1. The zero-order valence-corrected chi connectivity index (χ0v) is 15.0. The topological polar surface area (TPSA) is 80.1 Å². The van der Waals surface area contributed by atoms with Gasteiger partial charge in [-0.1, -0.05) is 11.6 Å². The summed E-state index contributed by atoms with van der Waals surface area (Å²) in [5.41, 5.74) is 1.33. The fourth-order valence-corrected chi connectivity index (χ4v) is 3.13. The van der Waals surface area contributed by atoms with Crippen molar-refractivity contribution < 1.29 is 9.59 Å². The smallest absolute Gasteiger partial charge is 0.229 e. The third-order valence-corrected chi connectivity index (χ3v) is 4.67. The number of nitrogens with zero attached hydrogens (tertiary/aromatic N) is 4. The average Bonchev–Trinajstić information content (AvgIpc) is 3.33. The van der Waals surface area contributed by atoms with Gasteiger partial charge < -0.3 is 10.2 Å². The normalized spacial score (nSPS) is 16.6. The van der Waals surface area contributed by atoms with Gasteiger partial charge in [0.05, 0.1) is 17.8 Å². The highest BCUT2D eigenvalue weighted by Crippen LogP contribution is 2.27. The molecule has 27 heavy (non-hydrogen) atoms. The predicted molar refractivity (Wildman–Crippen MR) is 102 cm³/mol. The van der Waals surface area contributed by atoms with Crippen LogP contribution in [-0.2, 0) is 9.59 Å². The van der Waals surface area contributed by atoms with Crippen LogP contribution < -0.4 is 10.2 Å². The number of rotatable bonds is 4. The lowest BCUT2D eigenvalue weighted by atomic mass is 10.1. The van der Waals surface area contributed by atoms with Gasteiger partial charge in [0, 0.05) is 36.1 Å². The summed E-state index contributed by atoms with van der Waals surface area (Å²) in [5.74, 6) is 0.0139. The van der Waals surface area contributed by atoms with Gasteiger partial charge in [0.2, 0.25) is 11.8 Å². The lowest BCUT2D eigenvalue weighted by molar-refractivity contribution is -0.122. The van der Waals surface area contributed by atoms with Gasteiger partial charge in [-0.3, -0.25) is 14.2 Å². The third kappa shape index (κ3) is 3.68. The van der Waals surface area contributed by atoms with E-state index in [0.717, 1.165) is 5.69 Å². The van der Waals surface area contributed by atoms with E-state index in [-0.39, 0.29) is 18.2 Å². The van der Waals surface area contributed by atoms with Gasteiger partial charge in [-0.15, -0.1) is 0 Å². The van der Waals surface area contributed by atoms with Crippen molar-refractivity contribution in [3.63, 3.8) is 0 Å². The number of anilines is 2. The van der Waals surface area contributed by atoms with E-state index in [1.165, 1.54) is 0 Å². The highest BCUT2D eigenvalue weighted by molar-refractivity contribution is 6.30. The lowest BCUT2D eigenvalue weighted by Gasteiger charge is -2.16. The number of aromatic nitrogens is 3. The molecule has 1 fully saturated rings. The summed E-state index contributed by atoms with van der Waals surface area (Å²) < 4.78 is 1.77. The summed E-state index contributed by atoms with van der Waals surface area (Å²) in [7, 11) is 0. The maximum absolute atomic E-state index is 12.6. The molecule has 3 heterocycles. The summed E-state index contributed by atoms with van der Waals surface area (Å²) in [5, 5.41) is 3.43. The van der Waals surface area contributed by atoms with Crippen LogP contribution in [0, 0.1) is 5.92 Å². The Morgan fingerprint density at radius 2 is 2.00 bits per heavy atom. The van der Waals surface area contributed by atoms with Gasteiger partial charge in [0.15, 0.2) is 0 Å². The largest absolute Gasteiger partial charge is 0.324 e. The van der Waals surface area contributed by atoms with Crippen LogP contribution in [0.15, 0.2) is 61.3 Å². The number of amides is 2. The zero-order chi connectivity index (χ0) is 18.8. The van der Waals surface area contributed by atoms with Crippen molar-refractivity contribution in [1.82, 2.24) is 14.5 Å². The molecule has 136 valence electrons. The second kappa shape index (κ2) is 7.20. The van der Waals surface area contributed by atoms with E-state index in [0.29, 0.717) is 23.1 Å². The van der Waals surface area contributed by atoms with Crippen molar-refractivity contribution in [3.05, 3.63) is 66.3 Å². The molecule has 1 aliphatic rings. The first-order valence-electron chi connectivity index (χ1n) is 8.41. The number of carbonyl (C=O) groups is 2. The van der Waals surface area contributed by atoms with Crippen molar-refractivity contribution >= 4 is 34.8 Å². The zero-order valence-electron chi connectivity index (χ0n) is 14.2. The summed E-state index contributed by atoms with van der Waals surface area (Å²) in [6.07, 6.45) is 6.86. The van der Waals surface area contributed by atoms with Crippen LogP contribution in [0.4, 0.5) is 11.4 Å². The maximum Gasteiger partial charge on any atom is 0.229 e. The molecule has 1 unspecified atom stereocenters. The van der Waals surface area contributed by atoms with E-state index in [9.17, 15) is 9.59 Å². The molecular formula is C19H16ClN5O2. The number of benzene rings is 1. The van der Waals surface area contributed by atoms with Crippen LogP contribution in [-0.4, -0.2) is 32.9 Å². The lowest BCUT2D eigenvalue weighted by Crippen LogP contribution is -2.28. The van der Waals surface area contributed by atoms with Crippen molar-refractivity contribution in [3.8, 4) is 5.82 Å². The Morgan fingerprint density at radius 3 is 2.67 bits per heavy atom. The molecule has 1 atom stereocenters. The van der Waals surface area contributed by atoms with Crippen molar-refractivity contribution in [2.24, 2.45) is 5.92 Å². The molecule has 2 amide bonds. The molecule has 0 aliphatic carbocycles. The van der Waals surface area contributed by atoms with Crippen LogP contribution in [0.25, 0.3) is 5.82 Å². The van der Waals surface area contributed by atoms with E-state index in [2.05, 4.69) is 15.3 Å². The minimum atomic E-state index is -0.415. The first-order chi connectivity index (χ1) is 13.1. The first-order valence-corrected chi connectivity index (χ1v) is 8.79. The molecule has 0 saturated carbocycles. The molecule has 3 aromatic rings. The van der Waals surface area contributed by atoms with Gasteiger partial charge in [0.25, 0.3) is 0 Å². The number of nitrogens with one attached hydrogen (secondary N) is 1. The molecule has 2 aromatic heterocycles. The maximum atomic E-state index is 12.6. The van der Waals surface area contributed by atoms with Crippen LogP contribution in [0.1, 0.15) is 6.42 Å². The fraction of sp³-hybridized carbons (Fsp3) is 0.158. The molecule has 1 saturated heterocycles. The Kier molecular flexibility index (Phi) is 4.60. The highest BCUT2D eigenvalue weighted by atomic mass is 35.5. The van der Waals surface area contributed by atoms with Crippen molar-refractivity contribution in [2.45, 2.75) is 6.42 Å². The van der Waals surface area contributed by atoms with Gasteiger partial charge in [-0.2, -0.15) is 0 Å². The molecule has 4 rings (SSSR count). The van der Waals surface area contributed by atoms with E-state index in [4.69, 9.17) is 11.6 Å². The Labute approximate surface area is 160 Å². The molecule has 1 aliphatic heterocycles. The third-order valence-electron chi connectivity index (χ3n) is 4.42. The number of hydrogen-bond donors (Lipinski definition) is 1. The molecular weight excluding hydrogens is 366 g/mol. The van der Waals surface area contributed by atoms with Crippen molar-refractivity contribution in [1.29, 1.82) is 0 Å². The first kappa shape index (κ1) is 17.2. The Balaban J connectivity index is 1.41. The minimum Gasteiger partial charge on any atom is -0.324 e. The molecule has 0 spiro atoms. The van der Waals surface area contributed by atoms with Crippen molar-refractivity contribution in [2.75, 3.05) is 16.8 Å². The second-order valence-electron chi connectivity index (χ2n) is 6.25. The predicted octanol–water partition coefficient (Wildman–Crippen LogP) is 2.91. The van der Waals surface area contributed by atoms with Gasteiger partial charge in [-0.25, -0.2) is 9.97 Å². The quantitative estimate of drug-likeness (QED) is 0.753. The molecule has 1 aromatic carbocycles. The van der Waals surface area contributed by atoms with Gasteiger partial charge >= 0.3 is 0 Å². The Hall–Kier alpha value is -3.19. The summed E-state index contributed by atoms with van der Waals surface area (Å²) >= 11 is 5.89. The second-order valence-corrected chi connectivity index (χ2v) is 6.68. The van der Waals surface area contributed by atoms with E-state index < -0.39 is 5.92 Å². The van der Waals surface area contributed by atoms with Crippen LogP contribution >= 0.6 is 11.6 Å². The van der Waals surface area contributed by atoms with Crippen LogP contribution in [0.2, 0.25) is 5.02 Å². The number of carbonyl (C=O) groups excluding carboxylic acids is 2. The van der Waals surface area contributed by atoms with Gasteiger partial charge in [0.1, 0.15) is 12.1 Å². The summed E-state index contributed by atoms with van der Waals surface area (Å²) in [4.78, 5) is 34.7. The fourth-order valence-electron chi connectivity index (χ4n) is 3.01. The van der Waals surface area contributed by atoms with E-state index in [1.807, 2.05) is 0 Å². The van der Waals surface area contributed by atoms with Crippen LogP contribution in [0.5, 0.6) is 0 Å². The van der Waals surface area contributed by atoms with E-state index >= 15 is 0 Å². The standard InChI is InChI=1S/C19H16ClN5O2/c20-14-1-4-16(5-2-14)25-11-13(9-18(25)26)19(27)23-15-3-6-17(22-10-15)24-8-7-21-12-24/h1-8,10,12-13H,9,11H2,(H,23,27). The molecule has 0 radical (unpaired) electrons.